The van der Waals surface area contributed by atoms with Gasteiger partial charge in [0, 0.05) is 18.7 Å². The smallest absolute Gasteiger partial charge is 0.407 e. The number of rotatable bonds is 5. The molecule has 1 rings (SSSR count). The molecule has 0 unspecified atom stereocenters. The van der Waals surface area contributed by atoms with Gasteiger partial charge in [0.05, 0.1) is 0 Å². The second-order valence-corrected chi connectivity index (χ2v) is 6.56. The van der Waals surface area contributed by atoms with E-state index < -0.39 is 11.7 Å². The molecule has 0 bridgehead atoms. The summed E-state index contributed by atoms with van der Waals surface area (Å²) in [7, 11) is 0. The molecule has 0 spiro atoms. The van der Waals surface area contributed by atoms with E-state index in [1.54, 1.807) is 6.08 Å². The first kappa shape index (κ1) is 16.5. The quantitative estimate of drug-likeness (QED) is 0.761. The number of hydrogen-bond acceptors (Lipinski definition) is 3. The third-order valence-corrected chi connectivity index (χ3v) is 2.80. The molecule has 0 aliphatic heterocycles. The zero-order valence-electron chi connectivity index (χ0n) is 13.1. The van der Waals surface area contributed by atoms with Crippen molar-refractivity contribution in [3.8, 4) is 0 Å². The van der Waals surface area contributed by atoms with E-state index in [9.17, 15) is 9.59 Å². The standard InChI is InChI=1S/C15H26N2O3/c1-10(2)8-13(18)17-12(11-6-7-11)9-16-14(19)20-15(3,4)5/h8,11-12H,6-7,9H2,1-5H3,(H,16,19)(H,17,18)/t12-/m0/s1. The maximum Gasteiger partial charge on any atom is 0.407 e. The summed E-state index contributed by atoms with van der Waals surface area (Å²) >= 11 is 0. The molecule has 0 aromatic carbocycles. The number of alkyl carbamates (subject to hydrolysis) is 1. The van der Waals surface area contributed by atoms with Crippen LogP contribution in [-0.2, 0) is 9.53 Å². The summed E-state index contributed by atoms with van der Waals surface area (Å²) in [5.41, 5.74) is 0.446. The van der Waals surface area contributed by atoms with Crippen molar-refractivity contribution in [3.05, 3.63) is 11.6 Å². The Balaban J connectivity index is 2.42. The number of allylic oxidation sites excluding steroid dienone is 1. The second kappa shape index (κ2) is 6.77. The molecular formula is C15H26N2O3. The lowest BCUT2D eigenvalue weighted by atomic mass is 10.1. The van der Waals surface area contributed by atoms with Gasteiger partial charge in [-0.3, -0.25) is 4.79 Å². The van der Waals surface area contributed by atoms with Crippen molar-refractivity contribution in [3.63, 3.8) is 0 Å². The molecule has 1 atom stereocenters. The molecule has 0 radical (unpaired) electrons. The van der Waals surface area contributed by atoms with E-state index >= 15 is 0 Å². The van der Waals surface area contributed by atoms with Gasteiger partial charge in [-0.2, -0.15) is 0 Å². The topological polar surface area (TPSA) is 67.4 Å². The van der Waals surface area contributed by atoms with E-state index in [0.717, 1.165) is 18.4 Å². The third-order valence-electron chi connectivity index (χ3n) is 2.80. The van der Waals surface area contributed by atoms with Crippen LogP contribution in [0.2, 0.25) is 0 Å². The van der Waals surface area contributed by atoms with Gasteiger partial charge in [0.1, 0.15) is 5.60 Å². The van der Waals surface area contributed by atoms with Crippen LogP contribution in [-0.4, -0.2) is 30.2 Å². The highest BCUT2D eigenvalue weighted by molar-refractivity contribution is 5.88. The summed E-state index contributed by atoms with van der Waals surface area (Å²) in [5.74, 6) is 0.354. The fourth-order valence-electron chi connectivity index (χ4n) is 1.83. The van der Waals surface area contributed by atoms with Crippen LogP contribution >= 0.6 is 0 Å². The van der Waals surface area contributed by atoms with E-state index in [1.165, 1.54) is 0 Å². The molecule has 2 amide bonds. The summed E-state index contributed by atoms with van der Waals surface area (Å²) < 4.78 is 5.18. The van der Waals surface area contributed by atoms with Crippen molar-refractivity contribution >= 4 is 12.0 Å². The first-order chi connectivity index (χ1) is 9.17. The Hall–Kier alpha value is -1.52. The summed E-state index contributed by atoms with van der Waals surface area (Å²) in [4.78, 5) is 23.3. The number of ether oxygens (including phenoxy) is 1. The summed E-state index contributed by atoms with van der Waals surface area (Å²) in [5, 5.41) is 5.67. The SMILES string of the molecule is CC(C)=CC(=O)N[C@@H](CNC(=O)OC(C)(C)C)C1CC1. The molecule has 0 heterocycles. The number of amides is 2. The molecule has 20 heavy (non-hydrogen) atoms. The monoisotopic (exact) mass is 282 g/mol. The van der Waals surface area contributed by atoms with Crippen molar-refractivity contribution in [2.24, 2.45) is 5.92 Å². The zero-order valence-corrected chi connectivity index (χ0v) is 13.1. The minimum Gasteiger partial charge on any atom is -0.444 e. The van der Waals surface area contributed by atoms with Gasteiger partial charge in [-0.15, -0.1) is 0 Å². The zero-order chi connectivity index (χ0) is 15.3. The molecule has 1 aliphatic carbocycles. The van der Waals surface area contributed by atoms with Crippen molar-refractivity contribution in [2.45, 2.75) is 59.1 Å². The third kappa shape index (κ3) is 7.16. The first-order valence-electron chi connectivity index (χ1n) is 7.09. The normalized spacial score (nSPS) is 16.1. The highest BCUT2D eigenvalue weighted by Crippen LogP contribution is 2.32. The highest BCUT2D eigenvalue weighted by Gasteiger charge is 2.32. The number of carbonyl (C=O) groups is 2. The van der Waals surface area contributed by atoms with Gasteiger partial charge in [0.25, 0.3) is 0 Å². The van der Waals surface area contributed by atoms with Crippen molar-refractivity contribution in [1.82, 2.24) is 10.6 Å². The molecule has 0 aromatic rings. The van der Waals surface area contributed by atoms with E-state index in [4.69, 9.17) is 4.74 Å². The summed E-state index contributed by atoms with van der Waals surface area (Å²) in [6, 6.07) is -0.0226. The lowest BCUT2D eigenvalue weighted by molar-refractivity contribution is -0.117. The van der Waals surface area contributed by atoms with Gasteiger partial charge in [0.15, 0.2) is 0 Å². The predicted octanol–water partition coefficient (Wildman–Crippen LogP) is 2.37. The van der Waals surface area contributed by atoms with Gasteiger partial charge < -0.3 is 15.4 Å². The minimum absolute atomic E-state index is 0.0226. The summed E-state index contributed by atoms with van der Waals surface area (Å²) in [6.07, 6.45) is 3.31. The number of hydrogen-bond donors (Lipinski definition) is 2. The maximum atomic E-state index is 11.7. The Kier molecular flexibility index (Phi) is 5.60. The Morgan fingerprint density at radius 2 is 1.90 bits per heavy atom. The molecular weight excluding hydrogens is 256 g/mol. The van der Waals surface area contributed by atoms with Crippen LogP contribution in [0.4, 0.5) is 4.79 Å². The van der Waals surface area contributed by atoms with Crippen LogP contribution in [0.3, 0.4) is 0 Å². The van der Waals surface area contributed by atoms with E-state index in [0.29, 0.717) is 12.5 Å². The predicted molar refractivity (Wildman–Crippen MR) is 78.3 cm³/mol. The highest BCUT2D eigenvalue weighted by atomic mass is 16.6. The number of nitrogens with one attached hydrogen (secondary N) is 2. The van der Waals surface area contributed by atoms with Gasteiger partial charge >= 0.3 is 6.09 Å². The molecule has 114 valence electrons. The first-order valence-corrected chi connectivity index (χ1v) is 7.09. The van der Waals surface area contributed by atoms with Crippen LogP contribution in [0.1, 0.15) is 47.5 Å². The molecule has 1 saturated carbocycles. The van der Waals surface area contributed by atoms with Crippen LogP contribution in [0, 0.1) is 5.92 Å². The molecule has 0 aromatic heterocycles. The van der Waals surface area contributed by atoms with Gasteiger partial charge in [-0.05, 0) is 53.4 Å². The van der Waals surface area contributed by atoms with E-state index in [2.05, 4.69) is 10.6 Å². The minimum atomic E-state index is -0.509. The van der Waals surface area contributed by atoms with Crippen LogP contribution in [0.5, 0.6) is 0 Å². The van der Waals surface area contributed by atoms with Crippen LogP contribution in [0.25, 0.3) is 0 Å². The largest absolute Gasteiger partial charge is 0.444 e. The van der Waals surface area contributed by atoms with Gasteiger partial charge in [-0.1, -0.05) is 5.57 Å². The average molecular weight is 282 g/mol. The molecule has 1 aliphatic rings. The fourth-order valence-corrected chi connectivity index (χ4v) is 1.83. The lowest BCUT2D eigenvalue weighted by Gasteiger charge is -2.22. The van der Waals surface area contributed by atoms with Crippen LogP contribution in [0.15, 0.2) is 11.6 Å². The van der Waals surface area contributed by atoms with Crippen LogP contribution < -0.4 is 10.6 Å². The van der Waals surface area contributed by atoms with E-state index in [-0.39, 0.29) is 11.9 Å². The Morgan fingerprint density at radius 3 is 2.35 bits per heavy atom. The van der Waals surface area contributed by atoms with Crippen molar-refractivity contribution < 1.29 is 14.3 Å². The number of carbonyl (C=O) groups excluding carboxylic acids is 2. The Labute approximate surface area is 121 Å². The Morgan fingerprint density at radius 1 is 1.30 bits per heavy atom. The molecule has 1 fully saturated rings. The van der Waals surface area contributed by atoms with Gasteiger partial charge in [0.2, 0.25) is 5.91 Å². The van der Waals surface area contributed by atoms with Crippen molar-refractivity contribution in [2.75, 3.05) is 6.54 Å². The second-order valence-electron chi connectivity index (χ2n) is 6.56. The average Bonchev–Trinajstić information content (AvgIpc) is 3.03. The lowest BCUT2D eigenvalue weighted by Crippen LogP contribution is -2.45. The van der Waals surface area contributed by atoms with Crippen molar-refractivity contribution in [1.29, 1.82) is 0 Å². The van der Waals surface area contributed by atoms with E-state index in [1.807, 2.05) is 34.6 Å². The maximum absolute atomic E-state index is 11.7. The molecule has 5 nitrogen and oxygen atoms in total. The molecule has 2 N–H and O–H groups in total. The van der Waals surface area contributed by atoms with Gasteiger partial charge in [-0.25, -0.2) is 4.79 Å². The Bertz CT molecular complexity index is 388. The molecule has 5 heteroatoms. The fraction of sp³-hybridized carbons (Fsp3) is 0.733. The summed E-state index contributed by atoms with van der Waals surface area (Å²) in [6.45, 7) is 9.63. The molecule has 0 saturated heterocycles.